The fraction of sp³-hybridized carbons (Fsp3) is 0.833. The molecule has 0 aromatic carbocycles. The SMILES string of the molecule is CC(C)CC(C(=O)O)C(c1nnnn1C)C(C)C. The molecule has 0 amide bonds. The summed E-state index contributed by atoms with van der Waals surface area (Å²) in [4.78, 5) is 11.5. The monoisotopic (exact) mass is 254 g/mol. The Balaban J connectivity index is 3.09. The minimum Gasteiger partial charge on any atom is -0.481 e. The van der Waals surface area contributed by atoms with Crippen molar-refractivity contribution < 1.29 is 9.90 Å². The predicted molar refractivity (Wildman–Crippen MR) is 67.0 cm³/mol. The Morgan fingerprint density at radius 1 is 1.33 bits per heavy atom. The molecule has 0 saturated heterocycles. The fourth-order valence-electron chi connectivity index (χ4n) is 2.37. The minimum absolute atomic E-state index is 0.162. The van der Waals surface area contributed by atoms with Crippen LogP contribution in [0.3, 0.4) is 0 Å². The quantitative estimate of drug-likeness (QED) is 0.835. The van der Waals surface area contributed by atoms with Gasteiger partial charge in [0.05, 0.1) is 5.92 Å². The topological polar surface area (TPSA) is 80.9 Å². The third-order valence-corrected chi connectivity index (χ3v) is 3.15. The van der Waals surface area contributed by atoms with E-state index in [9.17, 15) is 9.90 Å². The summed E-state index contributed by atoms with van der Waals surface area (Å²) in [6.07, 6.45) is 0.630. The van der Waals surface area contributed by atoms with Crippen LogP contribution in [-0.4, -0.2) is 31.3 Å². The van der Waals surface area contributed by atoms with E-state index in [1.54, 1.807) is 11.7 Å². The molecule has 18 heavy (non-hydrogen) atoms. The molecule has 6 nitrogen and oxygen atoms in total. The molecule has 0 bridgehead atoms. The zero-order valence-corrected chi connectivity index (χ0v) is 11.7. The maximum absolute atomic E-state index is 11.5. The molecule has 0 aliphatic heterocycles. The number of aromatic nitrogens is 4. The molecule has 0 spiro atoms. The third-order valence-electron chi connectivity index (χ3n) is 3.15. The van der Waals surface area contributed by atoms with E-state index in [2.05, 4.69) is 15.5 Å². The Kier molecular flexibility index (Phi) is 4.81. The highest BCUT2D eigenvalue weighted by atomic mass is 16.4. The molecule has 1 rings (SSSR count). The maximum atomic E-state index is 11.5. The molecule has 1 aromatic heterocycles. The van der Waals surface area contributed by atoms with Gasteiger partial charge in [0, 0.05) is 13.0 Å². The van der Waals surface area contributed by atoms with E-state index in [-0.39, 0.29) is 11.8 Å². The van der Waals surface area contributed by atoms with Gasteiger partial charge in [-0.15, -0.1) is 5.10 Å². The van der Waals surface area contributed by atoms with Gasteiger partial charge in [0.25, 0.3) is 0 Å². The number of carboxylic acids is 1. The Labute approximate surface area is 107 Å². The van der Waals surface area contributed by atoms with Gasteiger partial charge in [0.15, 0.2) is 5.82 Å². The maximum Gasteiger partial charge on any atom is 0.307 e. The van der Waals surface area contributed by atoms with Crippen LogP contribution in [0.5, 0.6) is 0 Å². The lowest BCUT2D eigenvalue weighted by Gasteiger charge is -2.27. The first-order chi connectivity index (χ1) is 8.34. The number of nitrogens with zero attached hydrogens (tertiary/aromatic N) is 4. The fourth-order valence-corrected chi connectivity index (χ4v) is 2.37. The van der Waals surface area contributed by atoms with Gasteiger partial charge < -0.3 is 5.11 Å². The van der Waals surface area contributed by atoms with Gasteiger partial charge in [-0.1, -0.05) is 27.7 Å². The summed E-state index contributed by atoms with van der Waals surface area (Å²) in [6.45, 7) is 8.08. The van der Waals surface area contributed by atoms with Crippen molar-refractivity contribution in [3.8, 4) is 0 Å². The van der Waals surface area contributed by atoms with Gasteiger partial charge in [0.1, 0.15) is 0 Å². The molecule has 1 N–H and O–H groups in total. The van der Waals surface area contributed by atoms with Crippen LogP contribution in [-0.2, 0) is 11.8 Å². The highest BCUT2D eigenvalue weighted by molar-refractivity contribution is 5.71. The van der Waals surface area contributed by atoms with E-state index in [4.69, 9.17) is 0 Å². The third kappa shape index (κ3) is 3.27. The molecule has 0 saturated carbocycles. The Morgan fingerprint density at radius 3 is 2.28 bits per heavy atom. The molecule has 102 valence electrons. The van der Waals surface area contributed by atoms with Crippen molar-refractivity contribution in [1.82, 2.24) is 20.2 Å². The summed E-state index contributed by atoms with van der Waals surface area (Å²) in [7, 11) is 1.75. The standard InChI is InChI=1S/C12H22N4O2/c1-7(2)6-9(12(17)18)10(8(3)4)11-13-14-15-16(11)5/h7-10H,6H2,1-5H3,(H,17,18). The zero-order valence-electron chi connectivity index (χ0n) is 11.7. The molecule has 2 unspecified atom stereocenters. The second kappa shape index (κ2) is 5.93. The molecule has 6 heteroatoms. The molecule has 1 aromatic rings. The average molecular weight is 254 g/mol. The van der Waals surface area contributed by atoms with Gasteiger partial charge in [-0.2, -0.15) is 0 Å². The van der Waals surface area contributed by atoms with Crippen LogP contribution in [0.25, 0.3) is 0 Å². The molecule has 0 radical (unpaired) electrons. The van der Waals surface area contributed by atoms with Crippen molar-refractivity contribution in [2.45, 2.75) is 40.0 Å². The molecule has 2 atom stereocenters. The van der Waals surface area contributed by atoms with Gasteiger partial charge in [-0.25, -0.2) is 4.68 Å². The largest absolute Gasteiger partial charge is 0.481 e. The number of tetrazole rings is 1. The summed E-state index contributed by atoms with van der Waals surface area (Å²) >= 11 is 0. The van der Waals surface area contributed by atoms with Gasteiger partial charge in [-0.3, -0.25) is 4.79 Å². The lowest BCUT2D eigenvalue weighted by molar-refractivity contribution is -0.143. The van der Waals surface area contributed by atoms with E-state index in [0.717, 1.165) is 0 Å². The van der Waals surface area contributed by atoms with E-state index in [1.807, 2.05) is 27.7 Å². The Bertz CT molecular complexity index is 401. The summed E-state index contributed by atoms with van der Waals surface area (Å²) < 4.78 is 1.57. The van der Waals surface area contributed by atoms with Crippen LogP contribution in [0, 0.1) is 17.8 Å². The minimum atomic E-state index is -0.773. The van der Waals surface area contributed by atoms with Gasteiger partial charge in [-0.05, 0) is 28.7 Å². The molecular weight excluding hydrogens is 232 g/mol. The van der Waals surface area contributed by atoms with E-state index < -0.39 is 11.9 Å². The normalized spacial score (nSPS) is 15.1. The van der Waals surface area contributed by atoms with Crippen molar-refractivity contribution in [3.63, 3.8) is 0 Å². The van der Waals surface area contributed by atoms with Crippen LogP contribution >= 0.6 is 0 Å². The van der Waals surface area contributed by atoms with Crippen molar-refractivity contribution in [2.24, 2.45) is 24.8 Å². The Hall–Kier alpha value is -1.46. The first kappa shape index (κ1) is 14.6. The number of hydrogen-bond donors (Lipinski definition) is 1. The van der Waals surface area contributed by atoms with Gasteiger partial charge >= 0.3 is 5.97 Å². The van der Waals surface area contributed by atoms with Crippen molar-refractivity contribution >= 4 is 5.97 Å². The predicted octanol–water partition coefficient (Wildman–Crippen LogP) is 1.70. The smallest absolute Gasteiger partial charge is 0.307 e. The molecular formula is C12H22N4O2. The van der Waals surface area contributed by atoms with Crippen LogP contribution in [0.15, 0.2) is 0 Å². The van der Waals surface area contributed by atoms with Crippen molar-refractivity contribution in [3.05, 3.63) is 5.82 Å². The van der Waals surface area contributed by atoms with Crippen LogP contribution in [0.1, 0.15) is 45.9 Å². The molecule has 1 heterocycles. The zero-order chi connectivity index (χ0) is 13.9. The lowest BCUT2D eigenvalue weighted by Crippen LogP contribution is -2.29. The van der Waals surface area contributed by atoms with E-state index in [0.29, 0.717) is 18.2 Å². The second-order valence-electron chi connectivity index (χ2n) is 5.50. The molecule has 0 aliphatic carbocycles. The molecule has 0 fully saturated rings. The summed E-state index contributed by atoms with van der Waals surface area (Å²) in [5.74, 6) is -0.230. The summed E-state index contributed by atoms with van der Waals surface area (Å²) in [6, 6.07) is 0. The van der Waals surface area contributed by atoms with Crippen molar-refractivity contribution in [1.29, 1.82) is 0 Å². The highest BCUT2D eigenvalue weighted by Crippen LogP contribution is 2.34. The summed E-state index contributed by atoms with van der Waals surface area (Å²) in [5, 5.41) is 20.9. The van der Waals surface area contributed by atoms with Crippen LogP contribution in [0.2, 0.25) is 0 Å². The second-order valence-corrected chi connectivity index (χ2v) is 5.50. The van der Waals surface area contributed by atoms with Crippen LogP contribution < -0.4 is 0 Å². The lowest BCUT2D eigenvalue weighted by atomic mass is 9.78. The highest BCUT2D eigenvalue weighted by Gasteiger charge is 2.35. The molecule has 0 aliphatic rings. The number of aliphatic carboxylic acids is 1. The van der Waals surface area contributed by atoms with E-state index >= 15 is 0 Å². The van der Waals surface area contributed by atoms with Gasteiger partial charge in [0.2, 0.25) is 0 Å². The first-order valence-electron chi connectivity index (χ1n) is 6.29. The van der Waals surface area contributed by atoms with Crippen LogP contribution in [0.4, 0.5) is 0 Å². The first-order valence-corrected chi connectivity index (χ1v) is 6.29. The number of carbonyl (C=O) groups is 1. The Morgan fingerprint density at radius 2 is 1.94 bits per heavy atom. The van der Waals surface area contributed by atoms with Crippen molar-refractivity contribution in [2.75, 3.05) is 0 Å². The van der Waals surface area contributed by atoms with E-state index in [1.165, 1.54) is 0 Å². The average Bonchev–Trinajstić information content (AvgIpc) is 2.62. The summed E-state index contributed by atoms with van der Waals surface area (Å²) in [5.41, 5.74) is 0. The number of rotatable bonds is 6. The number of hydrogen-bond acceptors (Lipinski definition) is 4. The number of carboxylic acid groups (broad SMARTS) is 1. The number of aryl methyl sites for hydroxylation is 1.